The fourth-order valence-corrected chi connectivity index (χ4v) is 3.78. The normalized spacial score (nSPS) is 10.5. The van der Waals surface area contributed by atoms with Crippen molar-refractivity contribution in [3.05, 3.63) is 86.1 Å². The van der Waals surface area contributed by atoms with Crippen molar-refractivity contribution in [3.8, 4) is 17.2 Å². The summed E-state index contributed by atoms with van der Waals surface area (Å²) in [6.07, 6.45) is 0.825. The number of nitro groups is 1. The van der Waals surface area contributed by atoms with Crippen LogP contribution in [0.1, 0.15) is 42.1 Å². The molecule has 0 saturated carbocycles. The Bertz CT molecular complexity index is 1250. The number of carbonyl (C=O) groups is 1. The van der Waals surface area contributed by atoms with E-state index in [4.69, 9.17) is 11.6 Å². The maximum Gasteiger partial charge on any atom is 0.316 e. The molecule has 0 aliphatic rings. The van der Waals surface area contributed by atoms with Gasteiger partial charge in [-0.2, -0.15) is 5.26 Å². The van der Waals surface area contributed by atoms with Crippen molar-refractivity contribution in [1.82, 2.24) is 4.98 Å². The number of hydrogen-bond acceptors (Lipinski definition) is 5. The summed E-state index contributed by atoms with van der Waals surface area (Å²) in [5, 5.41) is 21.4. The molecule has 0 N–H and O–H groups in total. The zero-order chi connectivity index (χ0) is 24.1. The van der Waals surface area contributed by atoms with E-state index in [9.17, 15) is 20.2 Å². The second kappa shape index (κ2) is 10.2. The van der Waals surface area contributed by atoms with Crippen LogP contribution in [0.25, 0.3) is 11.1 Å². The topological polar surface area (TPSA) is 100 Å². The monoisotopic (exact) mass is 462 g/mol. The molecule has 0 saturated heterocycles. The van der Waals surface area contributed by atoms with Gasteiger partial charge >= 0.3 is 5.69 Å². The first-order chi connectivity index (χ1) is 15.8. The highest BCUT2D eigenvalue weighted by Gasteiger charge is 2.30. The summed E-state index contributed by atoms with van der Waals surface area (Å²) in [5.41, 5.74) is 3.45. The predicted molar refractivity (Wildman–Crippen MR) is 128 cm³/mol. The van der Waals surface area contributed by atoms with Gasteiger partial charge in [0.1, 0.15) is 0 Å². The van der Waals surface area contributed by atoms with Crippen molar-refractivity contribution in [2.24, 2.45) is 0 Å². The fourth-order valence-electron chi connectivity index (χ4n) is 3.65. The van der Waals surface area contributed by atoms with Crippen LogP contribution in [0.2, 0.25) is 5.02 Å². The molecular weight excluding hydrogens is 440 g/mol. The number of aromatic nitrogens is 1. The zero-order valence-electron chi connectivity index (χ0n) is 18.6. The van der Waals surface area contributed by atoms with Crippen molar-refractivity contribution < 1.29 is 9.72 Å². The third kappa shape index (κ3) is 5.02. The maximum absolute atomic E-state index is 13.0. The van der Waals surface area contributed by atoms with E-state index in [1.807, 2.05) is 49.4 Å². The molecule has 3 rings (SSSR count). The molecule has 0 atom stereocenters. The third-order valence-corrected chi connectivity index (χ3v) is 5.90. The van der Waals surface area contributed by atoms with Crippen LogP contribution in [-0.4, -0.2) is 15.8 Å². The Morgan fingerprint density at radius 1 is 1.18 bits per heavy atom. The highest BCUT2D eigenvalue weighted by molar-refractivity contribution is 6.32. The standard InChI is InChI=1S/C25H23ClN4O3/c1-4-7-22(31)29(25-24(30(32)33)16(2)23(26)17(3)28-25)15-18-10-12-19(13-11-18)21-9-6-5-8-20(21)14-27/h5-6,8-13H,4,7,15H2,1-3H3. The van der Waals surface area contributed by atoms with Gasteiger partial charge in [0.25, 0.3) is 0 Å². The Hall–Kier alpha value is -3.76. The van der Waals surface area contributed by atoms with Gasteiger partial charge in [-0.3, -0.25) is 19.8 Å². The van der Waals surface area contributed by atoms with Crippen LogP contribution in [0.5, 0.6) is 0 Å². The largest absolute Gasteiger partial charge is 0.316 e. The van der Waals surface area contributed by atoms with Crippen molar-refractivity contribution in [3.63, 3.8) is 0 Å². The Kier molecular flexibility index (Phi) is 7.41. The van der Waals surface area contributed by atoms with Gasteiger partial charge in [0.15, 0.2) is 0 Å². The summed E-state index contributed by atoms with van der Waals surface area (Å²) < 4.78 is 0. The Labute approximate surface area is 197 Å². The van der Waals surface area contributed by atoms with E-state index in [0.29, 0.717) is 17.7 Å². The number of carbonyl (C=O) groups excluding carboxylic acids is 1. The van der Waals surface area contributed by atoms with Crippen molar-refractivity contribution in [2.45, 2.75) is 40.2 Å². The summed E-state index contributed by atoms with van der Waals surface area (Å²) in [4.78, 5) is 30.0. The van der Waals surface area contributed by atoms with E-state index < -0.39 is 4.92 Å². The average molecular weight is 463 g/mol. The van der Waals surface area contributed by atoms with E-state index in [1.165, 1.54) is 4.90 Å². The molecule has 0 aliphatic carbocycles. The molecule has 1 heterocycles. The molecule has 8 heteroatoms. The number of amides is 1. The molecule has 0 fully saturated rings. The minimum absolute atomic E-state index is 0.00301. The van der Waals surface area contributed by atoms with Crippen molar-refractivity contribution in [2.75, 3.05) is 4.90 Å². The lowest BCUT2D eigenvalue weighted by Crippen LogP contribution is -2.32. The Morgan fingerprint density at radius 3 is 2.45 bits per heavy atom. The second-order valence-corrected chi connectivity index (χ2v) is 8.03. The number of aryl methyl sites for hydroxylation is 1. The van der Waals surface area contributed by atoms with E-state index in [2.05, 4.69) is 11.1 Å². The van der Waals surface area contributed by atoms with Crippen LogP contribution in [0, 0.1) is 35.3 Å². The van der Waals surface area contributed by atoms with Crippen molar-refractivity contribution in [1.29, 1.82) is 5.26 Å². The lowest BCUT2D eigenvalue weighted by Gasteiger charge is -2.23. The van der Waals surface area contributed by atoms with Crippen molar-refractivity contribution >= 4 is 29.0 Å². The van der Waals surface area contributed by atoms with E-state index in [-0.39, 0.29) is 41.0 Å². The first-order valence-corrected chi connectivity index (χ1v) is 10.9. The first kappa shape index (κ1) is 23.9. The minimum Gasteiger partial charge on any atom is -0.287 e. The number of nitriles is 1. The van der Waals surface area contributed by atoms with Gasteiger partial charge in [0.05, 0.1) is 39.4 Å². The second-order valence-electron chi connectivity index (χ2n) is 7.65. The van der Waals surface area contributed by atoms with E-state index in [0.717, 1.165) is 16.7 Å². The van der Waals surface area contributed by atoms with Gasteiger partial charge in [0, 0.05) is 6.42 Å². The molecule has 1 amide bonds. The van der Waals surface area contributed by atoms with E-state index >= 15 is 0 Å². The highest BCUT2D eigenvalue weighted by Crippen LogP contribution is 2.36. The SMILES string of the molecule is CCCC(=O)N(Cc1ccc(-c2ccccc2C#N)cc1)c1nc(C)c(Cl)c(C)c1[N+](=O)[O-]. The number of rotatable bonds is 7. The molecular formula is C25H23ClN4O3. The summed E-state index contributed by atoms with van der Waals surface area (Å²) >= 11 is 6.21. The number of hydrogen-bond donors (Lipinski definition) is 0. The smallest absolute Gasteiger partial charge is 0.287 e. The third-order valence-electron chi connectivity index (χ3n) is 5.34. The molecule has 3 aromatic rings. The van der Waals surface area contributed by atoms with Gasteiger partial charge in [-0.05, 0) is 43.0 Å². The van der Waals surface area contributed by atoms with Crippen LogP contribution in [0.3, 0.4) is 0 Å². The lowest BCUT2D eigenvalue weighted by atomic mass is 9.99. The van der Waals surface area contributed by atoms with Gasteiger partial charge in [-0.1, -0.05) is 61.0 Å². The van der Waals surface area contributed by atoms with Gasteiger partial charge in [0.2, 0.25) is 11.7 Å². The molecule has 33 heavy (non-hydrogen) atoms. The summed E-state index contributed by atoms with van der Waals surface area (Å²) in [6.45, 7) is 5.21. The molecule has 0 unspecified atom stereocenters. The predicted octanol–water partition coefficient (Wildman–Crippen LogP) is 6.13. The molecule has 168 valence electrons. The van der Waals surface area contributed by atoms with Gasteiger partial charge < -0.3 is 0 Å². The van der Waals surface area contributed by atoms with E-state index in [1.54, 1.807) is 19.9 Å². The van der Waals surface area contributed by atoms with Crippen LogP contribution >= 0.6 is 11.6 Å². The number of pyridine rings is 1. The van der Waals surface area contributed by atoms with Gasteiger partial charge in [-0.25, -0.2) is 4.98 Å². The average Bonchev–Trinajstić information content (AvgIpc) is 2.81. The van der Waals surface area contributed by atoms with Crippen LogP contribution in [0.4, 0.5) is 11.5 Å². The molecule has 0 aliphatic heterocycles. The number of nitrogens with zero attached hydrogens (tertiary/aromatic N) is 4. The molecule has 1 aromatic heterocycles. The number of benzene rings is 2. The maximum atomic E-state index is 13.0. The Morgan fingerprint density at radius 2 is 1.85 bits per heavy atom. The zero-order valence-corrected chi connectivity index (χ0v) is 19.4. The number of anilines is 1. The minimum atomic E-state index is -0.545. The summed E-state index contributed by atoms with van der Waals surface area (Å²) in [6, 6.07) is 16.9. The van der Waals surface area contributed by atoms with Gasteiger partial charge in [-0.15, -0.1) is 0 Å². The van der Waals surface area contributed by atoms with Crippen LogP contribution in [-0.2, 0) is 11.3 Å². The number of halogens is 1. The Balaban J connectivity index is 2.03. The molecule has 2 aromatic carbocycles. The fraction of sp³-hybridized carbons (Fsp3) is 0.240. The highest BCUT2D eigenvalue weighted by atomic mass is 35.5. The molecule has 0 radical (unpaired) electrons. The summed E-state index contributed by atoms with van der Waals surface area (Å²) in [5.74, 6) is -0.259. The first-order valence-electron chi connectivity index (χ1n) is 10.5. The van der Waals surface area contributed by atoms with Crippen LogP contribution in [0.15, 0.2) is 48.5 Å². The summed E-state index contributed by atoms with van der Waals surface area (Å²) in [7, 11) is 0. The molecule has 0 spiro atoms. The van der Waals surface area contributed by atoms with Crippen LogP contribution < -0.4 is 4.90 Å². The lowest BCUT2D eigenvalue weighted by molar-refractivity contribution is -0.384. The molecule has 0 bridgehead atoms. The molecule has 7 nitrogen and oxygen atoms in total. The quantitative estimate of drug-likeness (QED) is 0.310.